The van der Waals surface area contributed by atoms with Gasteiger partial charge in [-0.2, -0.15) is 0 Å². The predicted octanol–water partition coefficient (Wildman–Crippen LogP) is 0.854. The van der Waals surface area contributed by atoms with E-state index in [2.05, 4.69) is 6.92 Å². The highest BCUT2D eigenvalue weighted by atomic mass is 16.4. The minimum Gasteiger partial charge on any atom is -0.481 e. The first kappa shape index (κ1) is 23.9. The van der Waals surface area contributed by atoms with Gasteiger partial charge in [-0.1, -0.05) is 32.6 Å². The fraction of sp³-hybridized carbons (Fsp3) is 0.846. The molecular weight excluding hydrogens is 268 g/mol. The van der Waals surface area contributed by atoms with Crippen molar-refractivity contribution in [3.63, 3.8) is 0 Å². The van der Waals surface area contributed by atoms with Gasteiger partial charge >= 0.3 is 5.97 Å². The lowest BCUT2D eigenvalue weighted by Gasteiger charge is -1.96. The Bertz CT molecular complexity index is 211. The van der Waals surface area contributed by atoms with Gasteiger partial charge in [-0.15, -0.1) is 0 Å². The van der Waals surface area contributed by atoms with Crippen LogP contribution in [0.3, 0.4) is 0 Å². The molecule has 7 nitrogen and oxygen atoms in total. The molecule has 0 bridgehead atoms. The molecule has 20 heavy (non-hydrogen) atoms. The normalized spacial score (nSPS) is 9.10. The van der Waals surface area contributed by atoms with E-state index in [1.54, 1.807) is 0 Å². The topological polar surface area (TPSA) is 135 Å². The quantitative estimate of drug-likeness (QED) is 0.419. The van der Waals surface area contributed by atoms with E-state index in [0.29, 0.717) is 6.42 Å². The zero-order valence-corrected chi connectivity index (χ0v) is 12.3. The van der Waals surface area contributed by atoms with Crippen molar-refractivity contribution in [1.82, 2.24) is 0 Å². The number of carboxylic acids is 2. The first-order valence-electron chi connectivity index (χ1n) is 6.62. The minimum atomic E-state index is -0.954. The number of hydrogen-bond acceptors (Lipinski definition) is 5. The van der Waals surface area contributed by atoms with Gasteiger partial charge < -0.3 is 25.5 Å². The third-order valence-corrected chi connectivity index (χ3v) is 1.92. The van der Waals surface area contributed by atoms with Crippen molar-refractivity contribution >= 4 is 11.9 Å². The summed E-state index contributed by atoms with van der Waals surface area (Å²) < 4.78 is 0. The van der Waals surface area contributed by atoms with Crippen molar-refractivity contribution in [1.29, 1.82) is 0 Å². The number of carboxylic acid groups (broad SMARTS) is 2. The molecule has 7 heteroatoms. The summed E-state index contributed by atoms with van der Waals surface area (Å²) in [6, 6.07) is 0. The molecule has 0 aromatic carbocycles. The number of aliphatic carboxylic acids is 2. The van der Waals surface area contributed by atoms with Crippen LogP contribution in [0.25, 0.3) is 0 Å². The number of rotatable bonds is 8. The molecule has 122 valence electrons. The van der Waals surface area contributed by atoms with E-state index in [1.807, 2.05) is 0 Å². The Kier molecular flexibility index (Phi) is 24.1. The third kappa shape index (κ3) is 43.7. The highest BCUT2D eigenvalue weighted by Gasteiger charge is 1.95. The largest absolute Gasteiger partial charge is 0.481 e. The van der Waals surface area contributed by atoms with E-state index in [0.717, 1.165) is 19.8 Å². The average Bonchev–Trinajstić information content (AvgIpc) is 2.37. The molecule has 0 saturated carbocycles. The number of unbranched alkanes of at least 4 members (excludes halogenated alkanes) is 4. The molecule has 0 aromatic rings. The SMILES string of the molecule is CC(=O)O.CCCCCCCC(=O)O.OCC(O)CO. The van der Waals surface area contributed by atoms with Crippen LogP contribution in [0.4, 0.5) is 0 Å². The molecule has 0 unspecified atom stereocenters. The predicted molar refractivity (Wildman–Crippen MR) is 74.5 cm³/mol. The molecule has 0 aliphatic carbocycles. The van der Waals surface area contributed by atoms with Gasteiger partial charge in [0.15, 0.2) is 0 Å². The van der Waals surface area contributed by atoms with Crippen LogP contribution in [-0.2, 0) is 9.59 Å². The van der Waals surface area contributed by atoms with Crippen LogP contribution in [0, 0.1) is 0 Å². The molecule has 0 aromatic heterocycles. The number of aliphatic hydroxyl groups is 3. The highest BCUT2D eigenvalue weighted by molar-refractivity contribution is 5.66. The summed E-state index contributed by atoms with van der Waals surface area (Å²) in [7, 11) is 0. The van der Waals surface area contributed by atoms with Gasteiger partial charge in [-0.3, -0.25) is 9.59 Å². The van der Waals surface area contributed by atoms with E-state index in [1.165, 1.54) is 19.3 Å². The summed E-state index contributed by atoms with van der Waals surface area (Å²) in [5.41, 5.74) is 0. The maximum Gasteiger partial charge on any atom is 0.303 e. The molecule has 0 atom stereocenters. The molecule has 0 aliphatic rings. The number of aliphatic hydroxyl groups excluding tert-OH is 3. The molecule has 0 aliphatic heterocycles. The summed E-state index contributed by atoms with van der Waals surface area (Å²) in [5, 5.41) is 39.7. The maximum atomic E-state index is 10.0. The molecule has 0 spiro atoms. The monoisotopic (exact) mass is 296 g/mol. The summed E-state index contributed by atoms with van der Waals surface area (Å²) in [6.45, 7) is 2.50. The zero-order chi connectivity index (χ0) is 16.4. The standard InChI is InChI=1S/C8H16O2.C3H8O3.C2H4O2/c1-2-3-4-5-6-7-8(9)10;4-1-3(6)2-5;1-2(3)4/h2-7H2,1H3,(H,9,10);3-6H,1-2H2;1H3,(H,3,4). The lowest BCUT2D eigenvalue weighted by molar-refractivity contribution is -0.137. The van der Waals surface area contributed by atoms with Gasteiger partial charge in [0.1, 0.15) is 6.10 Å². The fourth-order valence-corrected chi connectivity index (χ4v) is 0.938. The van der Waals surface area contributed by atoms with E-state index in [-0.39, 0.29) is 13.2 Å². The van der Waals surface area contributed by atoms with Crippen LogP contribution in [0.1, 0.15) is 52.4 Å². The van der Waals surface area contributed by atoms with E-state index in [4.69, 9.17) is 30.3 Å². The molecule has 0 saturated heterocycles. The fourth-order valence-electron chi connectivity index (χ4n) is 0.938. The first-order chi connectivity index (χ1) is 9.31. The van der Waals surface area contributed by atoms with Crippen LogP contribution < -0.4 is 0 Å². The first-order valence-corrected chi connectivity index (χ1v) is 6.62. The van der Waals surface area contributed by atoms with E-state index < -0.39 is 18.0 Å². The van der Waals surface area contributed by atoms with Crippen molar-refractivity contribution in [3.05, 3.63) is 0 Å². The second kappa shape index (κ2) is 20.1. The van der Waals surface area contributed by atoms with Crippen LogP contribution >= 0.6 is 0 Å². The summed E-state index contributed by atoms with van der Waals surface area (Å²) in [6.07, 6.45) is 4.93. The second-order valence-corrected chi connectivity index (χ2v) is 4.10. The van der Waals surface area contributed by atoms with Gasteiger partial charge in [0.2, 0.25) is 0 Å². The molecule has 0 radical (unpaired) electrons. The van der Waals surface area contributed by atoms with Crippen LogP contribution in [0.15, 0.2) is 0 Å². The molecule has 0 heterocycles. The second-order valence-electron chi connectivity index (χ2n) is 4.10. The van der Waals surface area contributed by atoms with Crippen molar-refractivity contribution in [2.45, 2.75) is 58.5 Å². The number of carbonyl (C=O) groups is 2. The molecule has 0 rings (SSSR count). The van der Waals surface area contributed by atoms with Gasteiger partial charge in [-0.05, 0) is 6.42 Å². The smallest absolute Gasteiger partial charge is 0.303 e. The Hall–Kier alpha value is -1.18. The molecule has 0 fully saturated rings. The van der Waals surface area contributed by atoms with Crippen LogP contribution in [-0.4, -0.2) is 56.8 Å². The lowest BCUT2D eigenvalue weighted by atomic mass is 10.1. The zero-order valence-electron chi connectivity index (χ0n) is 12.3. The summed E-state index contributed by atoms with van der Waals surface area (Å²) in [4.78, 5) is 19.0. The van der Waals surface area contributed by atoms with Crippen LogP contribution in [0.2, 0.25) is 0 Å². The summed E-state index contributed by atoms with van der Waals surface area (Å²) >= 11 is 0. The molecular formula is C13H28O7. The van der Waals surface area contributed by atoms with Gasteiger partial charge in [-0.25, -0.2) is 0 Å². The Labute approximate surface area is 119 Å². The Morgan fingerprint density at radius 1 is 0.950 bits per heavy atom. The van der Waals surface area contributed by atoms with Gasteiger partial charge in [0, 0.05) is 13.3 Å². The summed E-state index contributed by atoms with van der Waals surface area (Å²) in [5.74, 6) is -1.50. The highest BCUT2D eigenvalue weighted by Crippen LogP contribution is 2.04. The Morgan fingerprint density at radius 2 is 1.35 bits per heavy atom. The van der Waals surface area contributed by atoms with E-state index in [9.17, 15) is 4.79 Å². The maximum absolute atomic E-state index is 10.0. The number of hydrogen-bond donors (Lipinski definition) is 5. The van der Waals surface area contributed by atoms with Crippen molar-refractivity contribution < 1.29 is 35.1 Å². The van der Waals surface area contributed by atoms with Gasteiger partial charge in [0.25, 0.3) is 5.97 Å². The Balaban J connectivity index is -0.000000246. The van der Waals surface area contributed by atoms with Crippen LogP contribution in [0.5, 0.6) is 0 Å². The lowest BCUT2D eigenvalue weighted by Crippen LogP contribution is -2.15. The average molecular weight is 296 g/mol. The molecule has 0 amide bonds. The minimum absolute atomic E-state index is 0.337. The molecule has 5 N–H and O–H groups in total. The van der Waals surface area contributed by atoms with Crippen molar-refractivity contribution in [3.8, 4) is 0 Å². The van der Waals surface area contributed by atoms with Crippen molar-refractivity contribution in [2.75, 3.05) is 13.2 Å². The van der Waals surface area contributed by atoms with E-state index >= 15 is 0 Å². The van der Waals surface area contributed by atoms with Gasteiger partial charge in [0.05, 0.1) is 13.2 Å². The van der Waals surface area contributed by atoms with Crippen molar-refractivity contribution in [2.24, 2.45) is 0 Å². The third-order valence-electron chi connectivity index (χ3n) is 1.92. The Morgan fingerprint density at radius 3 is 1.60 bits per heavy atom.